The van der Waals surface area contributed by atoms with Crippen LogP contribution in [0.1, 0.15) is 23.9 Å². The van der Waals surface area contributed by atoms with Crippen molar-refractivity contribution in [3.63, 3.8) is 0 Å². The summed E-state index contributed by atoms with van der Waals surface area (Å²) in [4.78, 5) is 4.75. The molecule has 3 aromatic rings. The molecule has 166 valence electrons. The summed E-state index contributed by atoms with van der Waals surface area (Å²) in [5.74, 6) is 2.67. The number of nitrogens with zero attached hydrogens (tertiary/aromatic N) is 4. The summed E-state index contributed by atoms with van der Waals surface area (Å²) in [5.41, 5.74) is 2.43. The number of aliphatic imine (C=N–C) groups is 1. The molecule has 0 saturated carbocycles. The molecule has 2 N–H and O–H groups in total. The van der Waals surface area contributed by atoms with Gasteiger partial charge in [-0.2, -0.15) is 0 Å². The van der Waals surface area contributed by atoms with E-state index in [9.17, 15) is 0 Å². The Labute approximate surface area is 201 Å². The minimum Gasteiger partial charge on any atom is -0.497 e. The van der Waals surface area contributed by atoms with Crippen LogP contribution in [0.2, 0.25) is 0 Å². The van der Waals surface area contributed by atoms with Crippen molar-refractivity contribution in [1.82, 2.24) is 25.4 Å². The first-order valence-corrected chi connectivity index (χ1v) is 10.3. The molecule has 7 nitrogen and oxygen atoms in total. The molecule has 3 rings (SSSR count). The van der Waals surface area contributed by atoms with Crippen LogP contribution in [-0.2, 0) is 25.9 Å². The van der Waals surface area contributed by atoms with Gasteiger partial charge in [-0.15, -0.1) is 34.2 Å². The summed E-state index contributed by atoms with van der Waals surface area (Å²) in [5, 5.41) is 15.0. The van der Waals surface area contributed by atoms with Crippen LogP contribution in [0.15, 0.2) is 65.9 Å². The van der Waals surface area contributed by atoms with Crippen molar-refractivity contribution in [2.24, 2.45) is 4.99 Å². The fraction of sp³-hybridized carbons (Fsp3) is 0.348. The first-order chi connectivity index (χ1) is 14.8. The van der Waals surface area contributed by atoms with E-state index in [1.54, 1.807) is 13.4 Å². The third-order valence-corrected chi connectivity index (χ3v) is 4.78. The van der Waals surface area contributed by atoms with E-state index in [2.05, 4.69) is 56.6 Å². The van der Waals surface area contributed by atoms with Crippen LogP contribution < -0.4 is 15.4 Å². The lowest BCUT2D eigenvalue weighted by atomic mass is 10.1. The van der Waals surface area contributed by atoms with Gasteiger partial charge in [0.05, 0.1) is 13.7 Å². The average Bonchev–Trinajstić information content (AvgIpc) is 3.25. The summed E-state index contributed by atoms with van der Waals surface area (Å²) in [6, 6.07) is 18.4. The quantitative estimate of drug-likeness (QED) is 0.237. The molecule has 0 aliphatic rings. The second-order valence-electron chi connectivity index (χ2n) is 6.90. The first-order valence-electron chi connectivity index (χ1n) is 10.3. The van der Waals surface area contributed by atoms with Crippen molar-refractivity contribution in [3.05, 3.63) is 77.9 Å². The first kappa shape index (κ1) is 24.6. The van der Waals surface area contributed by atoms with Crippen LogP contribution in [0, 0.1) is 0 Å². The molecule has 31 heavy (non-hydrogen) atoms. The molecule has 0 unspecified atom stereocenters. The molecule has 0 saturated heterocycles. The normalized spacial score (nSPS) is 11.0. The Hall–Kier alpha value is -2.62. The zero-order valence-electron chi connectivity index (χ0n) is 18.1. The number of ether oxygens (including phenoxy) is 1. The van der Waals surface area contributed by atoms with Crippen molar-refractivity contribution in [2.75, 3.05) is 20.2 Å². The zero-order chi connectivity index (χ0) is 21.0. The predicted octanol–water partition coefficient (Wildman–Crippen LogP) is 3.45. The lowest BCUT2D eigenvalue weighted by molar-refractivity contribution is 0.414. The fourth-order valence-electron chi connectivity index (χ4n) is 3.08. The molecule has 0 aliphatic carbocycles. The molecule has 0 bridgehead atoms. The van der Waals surface area contributed by atoms with Gasteiger partial charge in [-0.05, 0) is 29.7 Å². The van der Waals surface area contributed by atoms with E-state index in [0.717, 1.165) is 50.0 Å². The van der Waals surface area contributed by atoms with E-state index in [1.165, 1.54) is 11.1 Å². The van der Waals surface area contributed by atoms with E-state index in [4.69, 9.17) is 9.73 Å². The van der Waals surface area contributed by atoms with Gasteiger partial charge in [-0.25, -0.2) is 4.99 Å². The smallest absolute Gasteiger partial charge is 0.191 e. The van der Waals surface area contributed by atoms with Gasteiger partial charge in [0.2, 0.25) is 0 Å². The summed E-state index contributed by atoms with van der Waals surface area (Å²) in [7, 11) is 1.68. The van der Waals surface area contributed by atoms with Gasteiger partial charge in [-0.1, -0.05) is 49.4 Å². The Morgan fingerprint density at radius 2 is 1.74 bits per heavy atom. The highest BCUT2D eigenvalue weighted by Gasteiger charge is 2.03. The number of halogens is 1. The van der Waals surface area contributed by atoms with E-state index >= 15 is 0 Å². The fourth-order valence-corrected chi connectivity index (χ4v) is 3.08. The molecule has 0 atom stereocenters. The van der Waals surface area contributed by atoms with Gasteiger partial charge in [0.1, 0.15) is 17.9 Å². The molecule has 1 aromatic heterocycles. The second kappa shape index (κ2) is 13.6. The van der Waals surface area contributed by atoms with Gasteiger partial charge in [-0.3, -0.25) is 0 Å². The summed E-state index contributed by atoms with van der Waals surface area (Å²) in [6.07, 6.45) is 3.55. The molecule has 0 aliphatic heterocycles. The molecule has 0 radical (unpaired) electrons. The maximum Gasteiger partial charge on any atom is 0.191 e. The van der Waals surface area contributed by atoms with Gasteiger partial charge < -0.3 is 19.9 Å². The lowest BCUT2D eigenvalue weighted by Crippen LogP contribution is -2.40. The maximum atomic E-state index is 5.22. The minimum absolute atomic E-state index is 0. The number of aromatic nitrogens is 3. The Balaban J connectivity index is 0.00000341. The van der Waals surface area contributed by atoms with Crippen molar-refractivity contribution in [1.29, 1.82) is 0 Å². The monoisotopic (exact) mass is 534 g/mol. The minimum atomic E-state index is 0. The third-order valence-electron chi connectivity index (χ3n) is 4.78. The zero-order valence-corrected chi connectivity index (χ0v) is 20.5. The van der Waals surface area contributed by atoms with Gasteiger partial charge in [0.25, 0.3) is 0 Å². The highest BCUT2D eigenvalue weighted by molar-refractivity contribution is 14.0. The Bertz CT molecular complexity index is 911. The predicted molar refractivity (Wildman–Crippen MR) is 135 cm³/mol. The molecule has 0 spiro atoms. The average molecular weight is 534 g/mol. The van der Waals surface area contributed by atoms with Crippen molar-refractivity contribution < 1.29 is 4.74 Å². The molecule has 1 heterocycles. The van der Waals surface area contributed by atoms with Crippen molar-refractivity contribution in [2.45, 2.75) is 32.9 Å². The Morgan fingerprint density at radius 3 is 2.45 bits per heavy atom. The highest BCUT2D eigenvalue weighted by atomic mass is 127. The number of aryl methyl sites for hydroxylation is 1. The molecule has 2 aromatic carbocycles. The SMILES string of the molecule is CCc1nncn1CCNC(=NCc1ccccc1)NCCc1ccc(OC)cc1.I. The van der Waals surface area contributed by atoms with Crippen molar-refractivity contribution in [3.8, 4) is 5.75 Å². The number of rotatable bonds is 10. The summed E-state index contributed by atoms with van der Waals surface area (Å²) >= 11 is 0. The summed E-state index contributed by atoms with van der Waals surface area (Å²) < 4.78 is 7.29. The number of hydrogen-bond donors (Lipinski definition) is 2. The van der Waals surface area contributed by atoms with Crippen LogP contribution in [0.3, 0.4) is 0 Å². The van der Waals surface area contributed by atoms with Crippen LogP contribution in [-0.4, -0.2) is 40.9 Å². The number of methoxy groups -OCH3 is 1. The van der Waals surface area contributed by atoms with E-state index in [0.29, 0.717) is 6.54 Å². The number of nitrogens with one attached hydrogen (secondary N) is 2. The highest BCUT2D eigenvalue weighted by Crippen LogP contribution is 2.11. The van der Waals surface area contributed by atoms with Crippen LogP contribution >= 0.6 is 24.0 Å². The topological polar surface area (TPSA) is 76.4 Å². The lowest BCUT2D eigenvalue weighted by Gasteiger charge is -2.14. The van der Waals surface area contributed by atoms with E-state index in [-0.39, 0.29) is 24.0 Å². The van der Waals surface area contributed by atoms with Crippen LogP contribution in [0.25, 0.3) is 0 Å². The van der Waals surface area contributed by atoms with Gasteiger partial charge >= 0.3 is 0 Å². The third kappa shape index (κ3) is 8.20. The molecular formula is C23H31IN6O. The second-order valence-corrected chi connectivity index (χ2v) is 6.90. The molecular weight excluding hydrogens is 503 g/mol. The van der Waals surface area contributed by atoms with E-state index in [1.807, 2.05) is 30.3 Å². The Kier molecular flexibility index (Phi) is 10.8. The van der Waals surface area contributed by atoms with Gasteiger partial charge in [0, 0.05) is 26.1 Å². The van der Waals surface area contributed by atoms with Crippen LogP contribution in [0.4, 0.5) is 0 Å². The van der Waals surface area contributed by atoms with Crippen molar-refractivity contribution >= 4 is 29.9 Å². The Morgan fingerprint density at radius 1 is 1.00 bits per heavy atom. The number of guanidine groups is 1. The molecule has 0 amide bonds. The van der Waals surface area contributed by atoms with Crippen LogP contribution in [0.5, 0.6) is 5.75 Å². The summed E-state index contributed by atoms with van der Waals surface area (Å²) in [6.45, 7) is 5.04. The van der Waals surface area contributed by atoms with E-state index < -0.39 is 0 Å². The molecule has 0 fully saturated rings. The molecule has 8 heteroatoms. The number of benzene rings is 2. The standard InChI is InChI=1S/C23H30N6O.HI/c1-3-22-28-27-18-29(22)16-15-25-23(26-17-20-7-5-4-6-8-20)24-14-13-19-9-11-21(30-2)12-10-19;/h4-12,18H,3,13-17H2,1-2H3,(H2,24,25,26);1H. The van der Waals surface area contributed by atoms with Gasteiger partial charge in [0.15, 0.2) is 5.96 Å². The maximum absolute atomic E-state index is 5.22. The number of hydrogen-bond acceptors (Lipinski definition) is 4. The largest absolute Gasteiger partial charge is 0.497 e.